The van der Waals surface area contributed by atoms with Gasteiger partial charge in [0, 0.05) is 12.6 Å². The maximum absolute atomic E-state index is 11.7. The number of hydrogen-bond donors (Lipinski definition) is 1. The summed E-state index contributed by atoms with van der Waals surface area (Å²) in [6, 6.07) is 10.1. The van der Waals surface area contributed by atoms with Crippen molar-refractivity contribution in [2.45, 2.75) is 18.9 Å². The second kappa shape index (κ2) is 7.70. The van der Waals surface area contributed by atoms with E-state index >= 15 is 0 Å². The summed E-state index contributed by atoms with van der Waals surface area (Å²) in [6.45, 7) is 6.16. The minimum Gasteiger partial charge on any atom is -0.492 e. The monoisotopic (exact) mass is 274 g/mol. The first-order valence-electron chi connectivity index (χ1n) is 7.09. The lowest BCUT2D eigenvalue weighted by Crippen LogP contribution is -2.42. The highest BCUT2D eigenvalue weighted by molar-refractivity contribution is 5.78. The van der Waals surface area contributed by atoms with Crippen LogP contribution in [0.1, 0.15) is 12.8 Å². The molecule has 1 aromatic carbocycles. The number of ether oxygens (including phenoxy) is 1. The number of para-hydroxylation sites is 1. The van der Waals surface area contributed by atoms with E-state index in [2.05, 4.69) is 16.8 Å². The van der Waals surface area contributed by atoms with Gasteiger partial charge in [-0.05, 0) is 31.5 Å². The molecule has 4 nitrogen and oxygen atoms in total. The Bertz CT molecular complexity index is 433. The second-order valence-corrected chi connectivity index (χ2v) is 4.98. The molecule has 0 aromatic heterocycles. The lowest BCUT2D eigenvalue weighted by Gasteiger charge is -2.23. The Morgan fingerprint density at radius 1 is 1.45 bits per heavy atom. The SMILES string of the molecule is C=CCNC(=O)CN1CCC[C@@H]1COc1ccccc1. The second-order valence-electron chi connectivity index (χ2n) is 4.98. The lowest BCUT2D eigenvalue weighted by atomic mass is 10.2. The minimum atomic E-state index is 0.0523. The molecule has 1 heterocycles. The van der Waals surface area contributed by atoms with E-state index in [9.17, 15) is 4.79 Å². The average Bonchev–Trinajstić information content (AvgIpc) is 2.91. The van der Waals surface area contributed by atoms with Gasteiger partial charge in [-0.3, -0.25) is 9.69 Å². The van der Waals surface area contributed by atoms with Crippen LogP contribution in [0.15, 0.2) is 43.0 Å². The highest BCUT2D eigenvalue weighted by Crippen LogP contribution is 2.18. The third kappa shape index (κ3) is 4.38. The van der Waals surface area contributed by atoms with Crippen molar-refractivity contribution in [3.05, 3.63) is 43.0 Å². The Morgan fingerprint density at radius 3 is 3.00 bits per heavy atom. The van der Waals surface area contributed by atoms with Crippen LogP contribution in [0.2, 0.25) is 0 Å². The van der Waals surface area contributed by atoms with Crippen LogP contribution in [0.4, 0.5) is 0 Å². The molecule has 2 rings (SSSR count). The summed E-state index contributed by atoms with van der Waals surface area (Å²) >= 11 is 0. The van der Waals surface area contributed by atoms with Gasteiger partial charge in [-0.15, -0.1) is 6.58 Å². The Balaban J connectivity index is 1.78. The average molecular weight is 274 g/mol. The fourth-order valence-corrected chi connectivity index (χ4v) is 2.43. The fourth-order valence-electron chi connectivity index (χ4n) is 2.43. The number of likely N-dealkylation sites (tertiary alicyclic amines) is 1. The van der Waals surface area contributed by atoms with Gasteiger partial charge in [-0.2, -0.15) is 0 Å². The van der Waals surface area contributed by atoms with Crippen molar-refractivity contribution < 1.29 is 9.53 Å². The van der Waals surface area contributed by atoms with E-state index in [1.807, 2.05) is 30.3 Å². The van der Waals surface area contributed by atoms with E-state index in [1.54, 1.807) is 6.08 Å². The van der Waals surface area contributed by atoms with Crippen molar-refractivity contribution >= 4 is 5.91 Å². The van der Waals surface area contributed by atoms with E-state index in [0.29, 0.717) is 25.7 Å². The first-order valence-corrected chi connectivity index (χ1v) is 7.09. The molecule has 1 fully saturated rings. The Kier molecular flexibility index (Phi) is 5.62. The van der Waals surface area contributed by atoms with Gasteiger partial charge in [-0.1, -0.05) is 24.3 Å². The minimum absolute atomic E-state index is 0.0523. The first kappa shape index (κ1) is 14.6. The summed E-state index contributed by atoms with van der Waals surface area (Å²) in [7, 11) is 0. The molecule has 1 aromatic rings. The van der Waals surface area contributed by atoms with Gasteiger partial charge in [-0.25, -0.2) is 0 Å². The predicted molar refractivity (Wildman–Crippen MR) is 79.7 cm³/mol. The maximum Gasteiger partial charge on any atom is 0.234 e. The molecule has 1 aliphatic rings. The molecule has 0 bridgehead atoms. The molecule has 0 spiro atoms. The molecule has 1 N–H and O–H groups in total. The van der Waals surface area contributed by atoms with Gasteiger partial charge in [0.15, 0.2) is 0 Å². The normalized spacial score (nSPS) is 18.7. The van der Waals surface area contributed by atoms with Gasteiger partial charge in [0.05, 0.1) is 6.54 Å². The molecule has 108 valence electrons. The number of nitrogens with one attached hydrogen (secondary N) is 1. The highest BCUT2D eigenvalue weighted by atomic mass is 16.5. The Hall–Kier alpha value is -1.81. The predicted octanol–water partition coefficient (Wildman–Crippen LogP) is 1.83. The number of amides is 1. The molecule has 1 amide bonds. The van der Waals surface area contributed by atoms with Crippen LogP contribution >= 0.6 is 0 Å². The largest absolute Gasteiger partial charge is 0.492 e. The zero-order valence-corrected chi connectivity index (χ0v) is 11.8. The molecular formula is C16H22N2O2. The van der Waals surface area contributed by atoms with Gasteiger partial charge in [0.25, 0.3) is 0 Å². The number of carbonyl (C=O) groups is 1. The molecule has 0 saturated carbocycles. The van der Waals surface area contributed by atoms with Crippen molar-refractivity contribution in [2.75, 3.05) is 26.2 Å². The zero-order valence-electron chi connectivity index (χ0n) is 11.8. The van der Waals surface area contributed by atoms with Crippen LogP contribution in [0.5, 0.6) is 5.75 Å². The number of hydrogen-bond acceptors (Lipinski definition) is 3. The van der Waals surface area contributed by atoms with Crippen LogP contribution in [0, 0.1) is 0 Å². The van der Waals surface area contributed by atoms with E-state index in [0.717, 1.165) is 25.1 Å². The van der Waals surface area contributed by atoms with Crippen molar-refractivity contribution in [2.24, 2.45) is 0 Å². The van der Waals surface area contributed by atoms with Crippen LogP contribution < -0.4 is 10.1 Å². The van der Waals surface area contributed by atoms with Crippen molar-refractivity contribution in [3.63, 3.8) is 0 Å². The van der Waals surface area contributed by atoms with Gasteiger partial charge >= 0.3 is 0 Å². The van der Waals surface area contributed by atoms with Crippen molar-refractivity contribution in [3.8, 4) is 5.75 Å². The zero-order chi connectivity index (χ0) is 14.2. The van der Waals surface area contributed by atoms with Crippen molar-refractivity contribution in [1.29, 1.82) is 0 Å². The lowest BCUT2D eigenvalue weighted by molar-refractivity contribution is -0.122. The number of carbonyl (C=O) groups excluding carboxylic acids is 1. The molecule has 0 unspecified atom stereocenters. The number of nitrogens with zero attached hydrogens (tertiary/aromatic N) is 1. The molecule has 1 saturated heterocycles. The van der Waals surface area contributed by atoms with Gasteiger partial charge in [0.2, 0.25) is 5.91 Å². The standard InChI is InChI=1S/C16H22N2O2/c1-2-10-17-16(19)12-18-11-6-7-14(18)13-20-15-8-4-3-5-9-15/h2-5,8-9,14H,1,6-7,10-13H2,(H,17,19)/t14-/m1/s1. The van der Waals surface area contributed by atoms with Crippen LogP contribution in [-0.4, -0.2) is 43.1 Å². The smallest absolute Gasteiger partial charge is 0.234 e. The Labute approximate surface area is 120 Å². The Morgan fingerprint density at radius 2 is 2.25 bits per heavy atom. The summed E-state index contributed by atoms with van der Waals surface area (Å²) in [5.74, 6) is 0.937. The molecule has 1 aliphatic heterocycles. The third-order valence-corrected chi connectivity index (χ3v) is 3.47. The summed E-state index contributed by atoms with van der Waals surface area (Å²) in [4.78, 5) is 13.9. The van der Waals surface area contributed by atoms with Crippen LogP contribution in [0.3, 0.4) is 0 Å². The highest BCUT2D eigenvalue weighted by Gasteiger charge is 2.26. The van der Waals surface area contributed by atoms with Crippen LogP contribution in [-0.2, 0) is 4.79 Å². The van der Waals surface area contributed by atoms with Gasteiger partial charge in [0.1, 0.15) is 12.4 Å². The summed E-state index contributed by atoms with van der Waals surface area (Å²) in [6.07, 6.45) is 3.90. The molecule has 0 radical (unpaired) electrons. The van der Waals surface area contributed by atoms with E-state index < -0.39 is 0 Å². The summed E-state index contributed by atoms with van der Waals surface area (Å²) < 4.78 is 5.79. The molecule has 1 atom stereocenters. The van der Waals surface area contributed by atoms with E-state index in [-0.39, 0.29) is 5.91 Å². The van der Waals surface area contributed by atoms with Crippen molar-refractivity contribution in [1.82, 2.24) is 10.2 Å². The molecule has 4 heteroatoms. The molecule has 20 heavy (non-hydrogen) atoms. The summed E-state index contributed by atoms with van der Waals surface area (Å²) in [5, 5.41) is 2.81. The maximum atomic E-state index is 11.7. The fraction of sp³-hybridized carbons (Fsp3) is 0.438. The van der Waals surface area contributed by atoms with Gasteiger partial charge < -0.3 is 10.1 Å². The third-order valence-electron chi connectivity index (χ3n) is 3.47. The number of benzene rings is 1. The topological polar surface area (TPSA) is 41.6 Å². The summed E-state index contributed by atoms with van der Waals surface area (Å²) in [5.41, 5.74) is 0. The van der Waals surface area contributed by atoms with E-state index in [1.165, 1.54) is 0 Å². The van der Waals surface area contributed by atoms with E-state index in [4.69, 9.17) is 4.74 Å². The molecular weight excluding hydrogens is 252 g/mol. The van der Waals surface area contributed by atoms with Crippen LogP contribution in [0.25, 0.3) is 0 Å². The molecule has 0 aliphatic carbocycles. The quantitative estimate of drug-likeness (QED) is 0.771. The number of rotatable bonds is 7. The first-order chi connectivity index (χ1) is 9.79.